The standard InChI is InChI=1S/C16H15N3O2S2/c20-14-11-4-1-2-5-12(11)18-16(19-14)23-9-10-8-22-15(17-10)13-6-3-7-21-13/h1-2,4-5,8,13H,3,6-7,9H2,(H,18,19,20)/t13-/m1/s1. The first kappa shape index (κ1) is 14.9. The minimum absolute atomic E-state index is 0.101. The number of rotatable bonds is 4. The molecule has 4 rings (SSSR count). The molecule has 5 nitrogen and oxygen atoms in total. The van der Waals surface area contributed by atoms with Crippen molar-refractivity contribution in [1.82, 2.24) is 15.0 Å². The van der Waals surface area contributed by atoms with Crippen LogP contribution in [0.5, 0.6) is 0 Å². The molecule has 0 spiro atoms. The van der Waals surface area contributed by atoms with Gasteiger partial charge in [-0.2, -0.15) is 0 Å². The van der Waals surface area contributed by atoms with Crippen LogP contribution in [0.4, 0.5) is 0 Å². The third-order valence-electron chi connectivity index (χ3n) is 3.72. The van der Waals surface area contributed by atoms with E-state index >= 15 is 0 Å². The molecular weight excluding hydrogens is 330 g/mol. The summed E-state index contributed by atoms with van der Waals surface area (Å²) >= 11 is 3.14. The van der Waals surface area contributed by atoms with Crippen LogP contribution < -0.4 is 5.56 Å². The van der Waals surface area contributed by atoms with Gasteiger partial charge in [-0.3, -0.25) is 4.79 Å². The summed E-state index contributed by atoms with van der Waals surface area (Å²) in [6, 6.07) is 7.36. The van der Waals surface area contributed by atoms with Crippen molar-refractivity contribution in [2.24, 2.45) is 0 Å². The Morgan fingerprint density at radius 1 is 1.35 bits per heavy atom. The van der Waals surface area contributed by atoms with Crippen molar-refractivity contribution in [3.63, 3.8) is 0 Å². The van der Waals surface area contributed by atoms with Gasteiger partial charge in [-0.1, -0.05) is 23.9 Å². The number of thioether (sulfide) groups is 1. The molecule has 1 aliphatic heterocycles. The molecule has 0 aliphatic carbocycles. The lowest BCUT2D eigenvalue weighted by Crippen LogP contribution is -2.08. The lowest BCUT2D eigenvalue weighted by molar-refractivity contribution is 0.111. The number of nitrogens with zero attached hydrogens (tertiary/aromatic N) is 2. The summed E-state index contributed by atoms with van der Waals surface area (Å²) in [6.07, 6.45) is 2.33. The quantitative estimate of drug-likeness (QED) is 0.579. The lowest BCUT2D eigenvalue weighted by Gasteiger charge is -2.04. The first-order chi connectivity index (χ1) is 11.3. The normalized spacial score (nSPS) is 17.8. The Morgan fingerprint density at radius 3 is 3.13 bits per heavy atom. The third kappa shape index (κ3) is 3.17. The SMILES string of the molecule is O=c1[nH]c(SCc2csc([C@H]3CCCO3)n2)nc2ccccc12. The number of H-pyrrole nitrogens is 1. The zero-order chi connectivity index (χ0) is 15.6. The first-order valence-electron chi connectivity index (χ1n) is 7.47. The van der Waals surface area contributed by atoms with Crippen LogP contribution in [0, 0.1) is 0 Å². The number of aromatic amines is 1. The molecule has 1 atom stereocenters. The highest BCUT2D eigenvalue weighted by molar-refractivity contribution is 7.98. The van der Waals surface area contributed by atoms with Crippen LogP contribution in [0.15, 0.2) is 39.6 Å². The van der Waals surface area contributed by atoms with Gasteiger partial charge in [0.2, 0.25) is 0 Å². The Morgan fingerprint density at radius 2 is 2.26 bits per heavy atom. The van der Waals surface area contributed by atoms with Crippen LogP contribution in [-0.2, 0) is 10.5 Å². The van der Waals surface area contributed by atoms with Crippen LogP contribution in [0.3, 0.4) is 0 Å². The van der Waals surface area contributed by atoms with Gasteiger partial charge in [-0.25, -0.2) is 9.97 Å². The topological polar surface area (TPSA) is 67.9 Å². The number of para-hydroxylation sites is 1. The Labute approximate surface area is 141 Å². The fraction of sp³-hybridized carbons (Fsp3) is 0.312. The molecule has 0 saturated carbocycles. The second-order valence-corrected chi connectivity index (χ2v) is 7.21. The molecule has 7 heteroatoms. The smallest absolute Gasteiger partial charge is 0.259 e. The first-order valence-corrected chi connectivity index (χ1v) is 9.34. The molecule has 1 aromatic carbocycles. The van der Waals surface area contributed by atoms with E-state index in [2.05, 4.69) is 20.3 Å². The number of hydrogen-bond acceptors (Lipinski definition) is 6. The Kier molecular flexibility index (Phi) is 4.15. The second-order valence-electron chi connectivity index (χ2n) is 5.36. The number of aromatic nitrogens is 3. The molecule has 0 unspecified atom stereocenters. The van der Waals surface area contributed by atoms with E-state index in [0.717, 1.165) is 35.7 Å². The average molecular weight is 345 g/mol. The zero-order valence-corrected chi connectivity index (χ0v) is 14.0. The molecule has 118 valence electrons. The predicted octanol–water partition coefficient (Wildman–Crippen LogP) is 3.52. The molecule has 23 heavy (non-hydrogen) atoms. The van der Waals surface area contributed by atoms with Crippen molar-refractivity contribution in [2.45, 2.75) is 29.9 Å². The van der Waals surface area contributed by atoms with Crippen LogP contribution in [0.1, 0.15) is 29.6 Å². The van der Waals surface area contributed by atoms with E-state index in [1.54, 1.807) is 17.4 Å². The summed E-state index contributed by atoms with van der Waals surface area (Å²) < 4.78 is 5.66. The van der Waals surface area contributed by atoms with Gasteiger partial charge in [-0.15, -0.1) is 11.3 Å². The summed E-state index contributed by atoms with van der Waals surface area (Å²) in [6.45, 7) is 0.830. The van der Waals surface area contributed by atoms with E-state index in [1.165, 1.54) is 11.8 Å². The molecule has 0 radical (unpaired) electrons. The van der Waals surface area contributed by atoms with E-state index in [4.69, 9.17) is 4.74 Å². The molecular formula is C16H15N3O2S2. The summed E-state index contributed by atoms with van der Waals surface area (Å²) in [7, 11) is 0. The van der Waals surface area contributed by atoms with Crippen molar-refractivity contribution in [3.8, 4) is 0 Å². The molecule has 0 bridgehead atoms. The van der Waals surface area contributed by atoms with Gasteiger partial charge in [-0.05, 0) is 25.0 Å². The summed E-state index contributed by atoms with van der Waals surface area (Å²) in [5, 5.41) is 4.35. The number of nitrogens with one attached hydrogen (secondary N) is 1. The molecule has 0 amide bonds. The zero-order valence-electron chi connectivity index (χ0n) is 12.3. The van der Waals surface area contributed by atoms with Gasteiger partial charge in [0.15, 0.2) is 5.16 Å². The van der Waals surface area contributed by atoms with Gasteiger partial charge < -0.3 is 9.72 Å². The minimum atomic E-state index is -0.101. The highest BCUT2D eigenvalue weighted by Gasteiger charge is 2.20. The van der Waals surface area contributed by atoms with E-state index in [9.17, 15) is 4.79 Å². The van der Waals surface area contributed by atoms with E-state index < -0.39 is 0 Å². The molecule has 1 saturated heterocycles. The number of hydrogen-bond donors (Lipinski definition) is 1. The van der Waals surface area contributed by atoms with Crippen LogP contribution in [0.2, 0.25) is 0 Å². The number of fused-ring (bicyclic) bond motifs is 1. The molecule has 1 N–H and O–H groups in total. The van der Waals surface area contributed by atoms with Gasteiger partial charge >= 0.3 is 0 Å². The fourth-order valence-electron chi connectivity index (χ4n) is 2.58. The maximum atomic E-state index is 12.0. The lowest BCUT2D eigenvalue weighted by atomic mass is 10.2. The highest BCUT2D eigenvalue weighted by atomic mass is 32.2. The van der Waals surface area contributed by atoms with Crippen molar-refractivity contribution < 1.29 is 4.74 Å². The van der Waals surface area contributed by atoms with E-state index in [0.29, 0.717) is 16.3 Å². The summed E-state index contributed by atoms with van der Waals surface area (Å²) in [5.41, 5.74) is 1.62. The Balaban J connectivity index is 1.49. The number of ether oxygens (including phenoxy) is 1. The largest absolute Gasteiger partial charge is 0.371 e. The van der Waals surface area contributed by atoms with Crippen LogP contribution in [0.25, 0.3) is 10.9 Å². The third-order valence-corrected chi connectivity index (χ3v) is 5.62. The summed E-state index contributed by atoms with van der Waals surface area (Å²) in [4.78, 5) is 24.0. The minimum Gasteiger partial charge on any atom is -0.371 e. The van der Waals surface area contributed by atoms with Gasteiger partial charge in [0.1, 0.15) is 11.1 Å². The van der Waals surface area contributed by atoms with Crippen molar-refractivity contribution in [2.75, 3.05) is 6.61 Å². The molecule has 3 aromatic rings. The van der Waals surface area contributed by atoms with Gasteiger partial charge in [0.25, 0.3) is 5.56 Å². The molecule has 1 aliphatic rings. The number of thiazole rings is 1. The Hall–Kier alpha value is -1.70. The van der Waals surface area contributed by atoms with Crippen molar-refractivity contribution >= 4 is 34.0 Å². The van der Waals surface area contributed by atoms with Gasteiger partial charge in [0, 0.05) is 17.7 Å². The molecule has 3 heterocycles. The average Bonchev–Trinajstić information content (AvgIpc) is 3.24. The summed E-state index contributed by atoms with van der Waals surface area (Å²) in [5.74, 6) is 0.685. The second kappa shape index (κ2) is 6.43. The highest BCUT2D eigenvalue weighted by Crippen LogP contribution is 2.31. The molecule has 2 aromatic heterocycles. The van der Waals surface area contributed by atoms with Crippen LogP contribution >= 0.6 is 23.1 Å². The monoisotopic (exact) mass is 345 g/mol. The Bertz CT molecular complexity index is 884. The van der Waals surface area contributed by atoms with E-state index in [-0.39, 0.29) is 11.7 Å². The fourth-order valence-corrected chi connectivity index (χ4v) is 4.35. The maximum absolute atomic E-state index is 12.0. The van der Waals surface area contributed by atoms with Crippen molar-refractivity contribution in [3.05, 3.63) is 50.7 Å². The van der Waals surface area contributed by atoms with Crippen LogP contribution in [-0.4, -0.2) is 21.6 Å². The predicted molar refractivity (Wildman–Crippen MR) is 92.0 cm³/mol. The van der Waals surface area contributed by atoms with E-state index in [1.807, 2.05) is 18.2 Å². The van der Waals surface area contributed by atoms with Crippen molar-refractivity contribution in [1.29, 1.82) is 0 Å². The maximum Gasteiger partial charge on any atom is 0.259 e. The molecule has 1 fully saturated rings. The number of benzene rings is 1. The van der Waals surface area contributed by atoms with Gasteiger partial charge in [0.05, 0.1) is 16.6 Å².